The van der Waals surface area contributed by atoms with Crippen LogP contribution in [0.4, 0.5) is 0 Å². The molecule has 1 saturated heterocycles. The fourth-order valence-electron chi connectivity index (χ4n) is 4.92. The second-order valence-electron chi connectivity index (χ2n) is 6.42. The lowest BCUT2D eigenvalue weighted by molar-refractivity contribution is 0.130. The fourth-order valence-corrected chi connectivity index (χ4v) is 4.92. The van der Waals surface area contributed by atoms with Gasteiger partial charge in [-0.05, 0) is 43.4 Å². The lowest BCUT2D eigenvalue weighted by Gasteiger charge is -2.44. The number of ether oxygens (including phenoxy) is 2. The first-order valence-corrected chi connectivity index (χ1v) is 7.57. The van der Waals surface area contributed by atoms with Crippen LogP contribution in [0.1, 0.15) is 42.7 Å². The highest BCUT2D eigenvalue weighted by atomic mass is 16.7. The molecule has 3 aliphatic heterocycles. The van der Waals surface area contributed by atoms with E-state index in [2.05, 4.69) is 17.0 Å². The Bertz CT molecular complexity index is 542. The summed E-state index contributed by atoms with van der Waals surface area (Å²) in [5.41, 5.74) is 2.97. The number of hydrogen-bond acceptors (Lipinski definition) is 3. The minimum absolute atomic E-state index is 0.399. The highest BCUT2D eigenvalue weighted by Crippen LogP contribution is 2.53. The van der Waals surface area contributed by atoms with E-state index in [1.165, 1.54) is 43.4 Å². The Kier molecular flexibility index (Phi) is 2.03. The van der Waals surface area contributed by atoms with Crippen molar-refractivity contribution in [3.63, 3.8) is 0 Å². The van der Waals surface area contributed by atoms with Crippen molar-refractivity contribution in [2.45, 2.75) is 44.2 Å². The van der Waals surface area contributed by atoms with E-state index in [0.717, 1.165) is 30.0 Å². The molecular formula is C16H19NO2. The van der Waals surface area contributed by atoms with Crippen molar-refractivity contribution in [1.29, 1.82) is 0 Å². The largest absolute Gasteiger partial charge is 0.454 e. The summed E-state index contributed by atoms with van der Waals surface area (Å²) in [5.74, 6) is 3.63. The van der Waals surface area contributed by atoms with Crippen molar-refractivity contribution in [2.75, 3.05) is 13.3 Å². The molecule has 0 bridgehead atoms. The van der Waals surface area contributed by atoms with Crippen LogP contribution < -0.4 is 9.47 Å². The third-order valence-corrected chi connectivity index (χ3v) is 5.61. The maximum absolute atomic E-state index is 5.80. The first-order valence-electron chi connectivity index (χ1n) is 7.57. The third-order valence-electron chi connectivity index (χ3n) is 5.61. The molecule has 3 atom stereocenters. The molecule has 3 heterocycles. The van der Waals surface area contributed by atoms with Crippen LogP contribution in [0.3, 0.4) is 0 Å². The molecule has 0 radical (unpaired) electrons. The van der Waals surface area contributed by atoms with Gasteiger partial charge in [0.25, 0.3) is 0 Å². The summed E-state index contributed by atoms with van der Waals surface area (Å²) in [6.07, 6.45) is 5.53. The van der Waals surface area contributed by atoms with Crippen LogP contribution in [0.15, 0.2) is 12.1 Å². The average Bonchev–Trinajstić information content (AvgIpc) is 3.06. The Hall–Kier alpha value is -1.22. The zero-order chi connectivity index (χ0) is 12.4. The molecule has 100 valence electrons. The molecule has 1 aromatic carbocycles. The van der Waals surface area contributed by atoms with Crippen LogP contribution >= 0.6 is 0 Å². The molecule has 2 fully saturated rings. The van der Waals surface area contributed by atoms with Crippen molar-refractivity contribution in [2.24, 2.45) is 5.92 Å². The molecule has 1 saturated carbocycles. The highest BCUT2D eigenvalue weighted by Gasteiger charge is 2.47. The first kappa shape index (κ1) is 10.6. The quantitative estimate of drug-likeness (QED) is 0.713. The van der Waals surface area contributed by atoms with Gasteiger partial charge in [-0.2, -0.15) is 0 Å². The average molecular weight is 257 g/mol. The topological polar surface area (TPSA) is 21.7 Å². The molecule has 3 nitrogen and oxygen atoms in total. The van der Waals surface area contributed by atoms with Gasteiger partial charge in [0.1, 0.15) is 0 Å². The van der Waals surface area contributed by atoms with Crippen LogP contribution in [0, 0.1) is 5.92 Å². The van der Waals surface area contributed by atoms with E-state index >= 15 is 0 Å². The van der Waals surface area contributed by atoms with Gasteiger partial charge in [-0.1, -0.05) is 12.5 Å². The molecule has 1 aromatic rings. The van der Waals surface area contributed by atoms with Gasteiger partial charge in [0.15, 0.2) is 11.5 Å². The van der Waals surface area contributed by atoms with Gasteiger partial charge >= 0.3 is 0 Å². The van der Waals surface area contributed by atoms with E-state index in [1.807, 2.05) is 0 Å². The SMILES string of the molecule is c1cc2c(c3c1CN1CC[C@H]4CCC[C@@H]3[C@H]41)OCO2. The van der Waals surface area contributed by atoms with E-state index in [1.54, 1.807) is 0 Å². The summed E-state index contributed by atoms with van der Waals surface area (Å²) in [5, 5.41) is 0. The first-order chi connectivity index (χ1) is 9.42. The maximum atomic E-state index is 5.80. The molecule has 1 aliphatic carbocycles. The molecule has 4 aliphatic rings. The number of hydrogen-bond donors (Lipinski definition) is 0. The van der Waals surface area contributed by atoms with E-state index in [0.29, 0.717) is 12.7 Å². The second-order valence-corrected chi connectivity index (χ2v) is 6.42. The van der Waals surface area contributed by atoms with Crippen molar-refractivity contribution in [1.82, 2.24) is 4.90 Å². The number of benzene rings is 1. The smallest absolute Gasteiger partial charge is 0.231 e. The van der Waals surface area contributed by atoms with Crippen molar-refractivity contribution >= 4 is 0 Å². The molecule has 5 rings (SSSR count). The molecule has 0 spiro atoms. The van der Waals surface area contributed by atoms with E-state index in [-0.39, 0.29) is 0 Å². The predicted molar refractivity (Wildman–Crippen MR) is 71.5 cm³/mol. The maximum Gasteiger partial charge on any atom is 0.231 e. The highest BCUT2D eigenvalue weighted by molar-refractivity contribution is 5.55. The van der Waals surface area contributed by atoms with Crippen LogP contribution in [-0.4, -0.2) is 24.3 Å². The molecule has 0 aromatic heterocycles. The Morgan fingerprint density at radius 3 is 3.11 bits per heavy atom. The Balaban J connectivity index is 1.69. The standard InChI is InChI=1S/C16H19NO2/c1-2-10-6-7-17-8-11-4-5-13-16(19-9-18-13)14(11)12(3-1)15(10)17/h4-5,10,12,15H,1-3,6-9H2/t10-,12+,15+/m1/s1. The molecule has 0 unspecified atom stereocenters. The van der Waals surface area contributed by atoms with Gasteiger partial charge in [-0.3, -0.25) is 4.90 Å². The van der Waals surface area contributed by atoms with Gasteiger partial charge in [0.2, 0.25) is 6.79 Å². The lowest BCUT2D eigenvalue weighted by atomic mass is 9.71. The summed E-state index contributed by atoms with van der Waals surface area (Å²) in [7, 11) is 0. The summed E-state index contributed by atoms with van der Waals surface area (Å²) in [4.78, 5) is 2.72. The number of rotatable bonds is 0. The number of nitrogens with zero attached hydrogens (tertiary/aromatic N) is 1. The van der Waals surface area contributed by atoms with Gasteiger partial charge < -0.3 is 9.47 Å². The molecule has 0 amide bonds. The van der Waals surface area contributed by atoms with Crippen molar-refractivity contribution < 1.29 is 9.47 Å². The minimum Gasteiger partial charge on any atom is -0.454 e. The van der Waals surface area contributed by atoms with Gasteiger partial charge in [-0.15, -0.1) is 0 Å². The summed E-state index contributed by atoms with van der Waals surface area (Å²) in [6, 6.07) is 5.13. The van der Waals surface area contributed by atoms with Crippen molar-refractivity contribution in [3.05, 3.63) is 23.3 Å². The van der Waals surface area contributed by atoms with Crippen LogP contribution in [0.2, 0.25) is 0 Å². The Morgan fingerprint density at radius 2 is 2.11 bits per heavy atom. The second kappa shape index (κ2) is 3.66. The van der Waals surface area contributed by atoms with E-state index < -0.39 is 0 Å². The van der Waals surface area contributed by atoms with Crippen LogP contribution in [0.5, 0.6) is 11.5 Å². The summed E-state index contributed by atoms with van der Waals surface area (Å²) in [6.45, 7) is 2.81. The Morgan fingerprint density at radius 1 is 1.11 bits per heavy atom. The minimum atomic E-state index is 0.399. The zero-order valence-corrected chi connectivity index (χ0v) is 11.1. The monoisotopic (exact) mass is 257 g/mol. The molecular weight excluding hydrogens is 238 g/mol. The molecule has 0 N–H and O–H groups in total. The third kappa shape index (κ3) is 1.32. The van der Waals surface area contributed by atoms with Gasteiger partial charge in [-0.25, -0.2) is 0 Å². The zero-order valence-electron chi connectivity index (χ0n) is 11.1. The van der Waals surface area contributed by atoms with Gasteiger partial charge in [0.05, 0.1) is 0 Å². The number of fused-ring (bicyclic) bond motifs is 4. The molecule has 19 heavy (non-hydrogen) atoms. The predicted octanol–water partition coefficient (Wildman–Crippen LogP) is 2.89. The molecule has 3 heteroatoms. The lowest BCUT2D eigenvalue weighted by Crippen LogP contribution is -2.43. The van der Waals surface area contributed by atoms with E-state index in [9.17, 15) is 0 Å². The normalized spacial score (nSPS) is 35.1. The van der Waals surface area contributed by atoms with Crippen LogP contribution in [0.25, 0.3) is 0 Å². The summed E-state index contributed by atoms with van der Waals surface area (Å²) >= 11 is 0. The van der Waals surface area contributed by atoms with Crippen molar-refractivity contribution in [3.8, 4) is 11.5 Å². The van der Waals surface area contributed by atoms with Gasteiger partial charge in [0, 0.05) is 24.1 Å². The summed E-state index contributed by atoms with van der Waals surface area (Å²) < 4.78 is 11.4. The fraction of sp³-hybridized carbons (Fsp3) is 0.625. The van der Waals surface area contributed by atoms with Crippen LogP contribution in [-0.2, 0) is 6.54 Å². The van der Waals surface area contributed by atoms with E-state index in [4.69, 9.17) is 9.47 Å². The Labute approximate surface area is 113 Å².